The molecule has 0 aromatic carbocycles. The van der Waals surface area contributed by atoms with Crippen LogP contribution in [0.2, 0.25) is 0 Å². The monoisotopic (exact) mass is 411 g/mol. The fourth-order valence-electron chi connectivity index (χ4n) is 3.30. The molecule has 1 heterocycles. The molecule has 11 heteroatoms. The molecule has 2 unspecified atom stereocenters. The molecule has 160 valence electrons. The summed E-state index contributed by atoms with van der Waals surface area (Å²) in [4.78, 5) is 63.3. The van der Waals surface area contributed by atoms with E-state index in [-0.39, 0.29) is 19.3 Å². The van der Waals surface area contributed by atoms with E-state index in [9.17, 15) is 29.1 Å². The highest BCUT2D eigenvalue weighted by molar-refractivity contribution is 5.81. The standard InChI is InChI=1S/C18H25N3O8/c1-5-13(23)28-11(3)9-18(7-8-22,10-12(4)29-14(24)6-2)21-16(26)19-15(25)20-17(21)27/h5-6,11-12,22H,1-2,7-10H2,3-4H3,(H2,19,20,25,26,27). The predicted octanol–water partition coefficient (Wildman–Crippen LogP) is -0.682. The van der Waals surface area contributed by atoms with Crippen LogP contribution in [0.15, 0.2) is 39.7 Å². The van der Waals surface area contributed by atoms with Gasteiger partial charge in [0, 0.05) is 31.6 Å². The average molecular weight is 411 g/mol. The Balaban J connectivity index is 3.52. The van der Waals surface area contributed by atoms with E-state index in [2.05, 4.69) is 13.2 Å². The van der Waals surface area contributed by atoms with Crippen LogP contribution in [0.5, 0.6) is 0 Å². The molecule has 3 N–H and O–H groups in total. The number of rotatable bonds is 11. The maximum Gasteiger partial charge on any atom is 0.334 e. The van der Waals surface area contributed by atoms with Gasteiger partial charge in [-0.25, -0.2) is 28.5 Å². The Hall–Kier alpha value is -3.21. The minimum Gasteiger partial charge on any atom is -0.459 e. The third-order valence-electron chi connectivity index (χ3n) is 4.20. The van der Waals surface area contributed by atoms with Crippen molar-refractivity contribution in [3.63, 3.8) is 0 Å². The number of carbonyl (C=O) groups excluding carboxylic acids is 2. The summed E-state index contributed by atoms with van der Waals surface area (Å²) < 4.78 is 11.0. The van der Waals surface area contributed by atoms with Crippen molar-refractivity contribution in [3.8, 4) is 0 Å². The number of ether oxygens (including phenoxy) is 2. The van der Waals surface area contributed by atoms with Crippen LogP contribution in [0.4, 0.5) is 0 Å². The summed E-state index contributed by atoms with van der Waals surface area (Å²) >= 11 is 0. The van der Waals surface area contributed by atoms with Gasteiger partial charge >= 0.3 is 29.0 Å². The number of aromatic nitrogens is 3. The number of esters is 2. The maximum absolute atomic E-state index is 12.5. The van der Waals surface area contributed by atoms with Crippen LogP contribution in [0.3, 0.4) is 0 Å². The lowest BCUT2D eigenvalue weighted by Crippen LogP contribution is -2.56. The van der Waals surface area contributed by atoms with Gasteiger partial charge < -0.3 is 14.6 Å². The summed E-state index contributed by atoms with van der Waals surface area (Å²) in [5.74, 6) is -1.44. The minimum atomic E-state index is -1.45. The van der Waals surface area contributed by atoms with E-state index < -0.39 is 53.4 Å². The highest BCUT2D eigenvalue weighted by Crippen LogP contribution is 2.32. The zero-order valence-corrected chi connectivity index (χ0v) is 16.3. The van der Waals surface area contributed by atoms with Gasteiger partial charge in [0.15, 0.2) is 0 Å². The second kappa shape index (κ2) is 10.4. The van der Waals surface area contributed by atoms with Gasteiger partial charge in [-0.1, -0.05) is 13.2 Å². The van der Waals surface area contributed by atoms with Gasteiger partial charge in [0.2, 0.25) is 0 Å². The van der Waals surface area contributed by atoms with Gasteiger partial charge in [-0.05, 0) is 20.3 Å². The zero-order valence-electron chi connectivity index (χ0n) is 16.3. The number of carbonyl (C=O) groups is 2. The van der Waals surface area contributed by atoms with Crippen LogP contribution in [0, 0.1) is 0 Å². The Morgan fingerprint density at radius 3 is 1.79 bits per heavy atom. The van der Waals surface area contributed by atoms with Crippen LogP contribution >= 0.6 is 0 Å². The first-order valence-corrected chi connectivity index (χ1v) is 8.81. The molecule has 11 nitrogen and oxygen atoms in total. The smallest absolute Gasteiger partial charge is 0.334 e. The molecule has 0 bridgehead atoms. The molecular formula is C18H25N3O8. The Kier molecular flexibility index (Phi) is 8.52. The van der Waals surface area contributed by atoms with E-state index in [1.54, 1.807) is 0 Å². The molecular weight excluding hydrogens is 386 g/mol. The van der Waals surface area contributed by atoms with Gasteiger partial charge in [-0.15, -0.1) is 0 Å². The molecule has 0 aliphatic carbocycles. The molecule has 0 saturated heterocycles. The first-order valence-electron chi connectivity index (χ1n) is 8.81. The Morgan fingerprint density at radius 1 is 1.03 bits per heavy atom. The summed E-state index contributed by atoms with van der Waals surface area (Å²) in [6.07, 6.45) is -0.0418. The Labute approximate surface area is 165 Å². The molecule has 1 rings (SSSR count). The van der Waals surface area contributed by atoms with E-state index >= 15 is 0 Å². The third-order valence-corrected chi connectivity index (χ3v) is 4.20. The largest absolute Gasteiger partial charge is 0.459 e. The quantitative estimate of drug-likeness (QED) is 0.319. The van der Waals surface area contributed by atoms with Gasteiger partial charge in [-0.3, -0.25) is 9.97 Å². The molecule has 1 aromatic heterocycles. The molecule has 0 fully saturated rings. The van der Waals surface area contributed by atoms with Crippen LogP contribution < -0.4 is 17.1 Å². The highest BCUT2D eigenvalue weighted by Gasteiger charge is 2.39. The van der Waals surface area contributed by atoms with Crippen molar-refractivity contribution in [2.75, 3.05) is 6.61 Å². The molecule has 0 aliphatic rings. The number of hydrogen-bond donors (Lipinski definition) is 3. The SMILES string of the molecule is C=CC(=O)OC(C)CC(CCO)(CC(C)OC(=O)C=C)n1c(=O)[nH]c(=O)[nH]c1=O. The van der Waals surface area contributed by atoms with Gasteiger partial charge in [0.1, 0.15) is 12.2 Å². The predicted molar refractivity (Wildman–Crippen MR) is 102 cm³/mol. The van der Waals surface area contributed by atoms with Crippen molar-refractivity contribution in [3.05, 3.63) is 56.8 Å². The van der Waals surface area contributed by atoms with E-state index in [4.69, 9.17) is 9.47 Å². The van der Waals surface area contributed by atoms with Crippen molar-refractivity contribution >= 4 is 11.9 Å². The Bertz CT molecular complexity index is 862. The number of aliphatic hydroxyl groups excluding tert-OH is 1. The maximum atomic E-state index is 12.5. The second-order valence-electron chi connectivity index (χ2n) is 6.53. The summed E-state index contributed by atoms with van der Waals surface area (Å²) in [6.45, 7) is 9.21. The molecule has 2 atom stereocenters. The van der Waals surface area contributed by atoms with Crippen LogP contribution in [0.1, 0.15) is 33.1 Å². The minimum absolute atomic E-state index is 0.0991. The fraction of sp³-hybridized carbons (Fsp3) is 0.500. The third kappa shape index (κ3) is 6.42. The number of aromatic amines is 2. The molecule has 0 aliphatic heterocycles. The van der Waals surface area contributed by atoms with Gasteiger partial charge in [-0.2, -0.15) is 0 Å². The van der Waals surface area contributed by atoms with Crippen molar-refractivity contribution in [2.45, 2.75) is 50.9 Å². The molecule has 0 amide bonds. The molecule has 0 spiro atoms. The summed E-state index contributed by atoms with van der Waals surface area (Å²) in [5.41, 5.74) is -4.48. The van der Waals surface area contributed by atoms with E-state index in [1.807, 2.05) is 9.97 Å². The van der Waals surface area contributed by atoms with Crippen molar-refractivity contribution in [2.24, 2.45) is 0 Å². The number of hydrogen-bond acceptors (Lipinski definition) is 8. The normalized spacial score (nSPS) is 14.9. The van der Waals surface area contributed by atoms with Crippen LogP contribution in [-0.2, 0) is 24.6 Å². The molecule has 0 saturated carbocycles. The highest BCUT2D eigenvalue weighted by atomic mass is 16.5. The second-order valence-corrected chi connectivity index (χ2v) is 6.53. The van der Waals surface area contributed by atoms with Gasteiger partial charge in [0.25, 0.3) is 0 Å². The lowest BCUT2D eigenvalue weighted by molar-refractivity contribution is -0.145. The lowest BCUT2D eigenvalue weighted by Gasteiger charge is -2.37. The van der Waals surface area contributed by atoms with Crippen LogP contribution in [-0.4, -0.2) is 50.4 Å². The van der Waals surface area contributed by atoms with E-state index in [1.165, 1.54) is 13.8 Å². The van der Waals surface area contributed by atoms with Crippen molar-refractivity contribution in [1.82, 2.24) is 14.5 Å². The molecule has 1 aromatic rings. The number of nitrogens with one attached hydrogen (secondary N) is 2. The summed E-state index contributed by atoms with van der Waals surface area (Å²) in [6, 6.07) is 0. The summed E-state index contributed by atoms with van der Waals surface area (Å²) in [7, 11) is 0. The molecule has 0 radical (unpaired) electrons. The summed E-state index contributed by atoms with van der Waals surface area (Å²) in [5, 5.41) is 9.63. The number of H-pyrrole nitrogens is 2. The van der Waals surface area contributed by atoms with Crippen LogP contribution in [0.25, 0.3) is 0 Å². The van der Waals surface area contributed by atoms with E-state index in [0.29, 0.717) is 0 Å². The zero-order chi connectivity index (χ0) is 22.2. The number of nitrogens with zero attached hydrogens (tertiary/aromatic N) is 1. The first-order chi connectivity index (χ1) is 13.6. The van der Waals surface area contributed by atoms with Crippen molar-refractivity contribution < 1.29 is 24.2 Å². The number of aliphatic hydroxyl groups is 1. The Morgan fingerprint density at radius 2 is 1.45 bits per heavy atom. The topological polar surface area (TPSA) is 161 Å². The van der Waals surface area contributed by atoms with Gasteiger partial charge in [0.05, 0.1) is 5.54 Å². The lowest BCUT2D eigenvalue weighted by atomic mass is 9.83. The first kappa shape index (κ1) is 23.8. The van der Waals surface area contributed by atoms with Crippen molar-refractivity contribution in [1.29, 1.82) is 0 Å². The fourth-order valence-corrected chi connectivity index (χ4v) is 3.30. The molecule has 29 heavy (non-hydrogen) atoms. The van der Waals surface area contributed by atoms with E-state index in [0.717, 1.165) is 16.7 Å². The average Bonchev–Trinajstić information content (AvgIpc) is 2.60.